The Morgan fingerprint density at radius 3 is 1.42 bits per heavy atom. The highest BCUT2D eigenvalue weighted by molar-refractivity contribution is 6.30. The minimum absolute atomic E-state index is 0. The summed E-state index contributed by atoms with van der Waals surface area (Å²) < 4.78 is 0. The van der Waals surface area contributed by atoms with Gasteiger partial charge in [-0.25, -0.2) is 0 Å². The van der Waals surface area contributed by atoms with Crippen molar-refractivity contribution < 1.29 is 17.5 Å². The number of nitrogens with two attached hydrogens (primary N) is 1. The molecule has 0 aromatic heterocycles. The van der Waals surface area contributed by atoms with Gasteiger partial charge in [0, 0.05) is 16.6 Å². The fraction of sp³-hybridized carbons (Fsp3) is 0.143. The Hall–Kier alpha value is -0.770. The summed E-state index contributed by atoms with van der Waals surface area (Å²) in [5, 5.41) is 12.0. The summed E-state index contributed by atoms with van der Waals surface area (Å²) in [7, 11) is 0. The molecular weight excluding hydrogens is 305 g/mol. The largest absolute Gasteiger partial charge is 1.00 e. The molecule has 0 saturated carbocycles. The summed E-state index contributed by atoms with van der Waals surface area (Å²) in [4.78, 5) is 0. The van der Waals surface area contributed by atoms with E-state index in [1.54, 1.807) is 48.5 Å². The van der Waals surface area contributed by atoms with Crippen LogP contribution in [0.1, 0.15) is 11.1 Å². The second-order valence-corrected chi connectivity index (χ2v) is 4.95. The van der Waals surface area contributed by atoms with E-state index in [0.29, 0.717) is 21.2 Å². The predicted octanol–water partition coefficient (Wildman–Crippen LogP) is 0.192. The van der Waals surface area contributed by atoms with E-state index in [1.165, 1.54) is 0 Å². The topological polar surface area (TPSA) is 46.2 Å². The lowest BCUT2D eigenvalue weighted by molar-refractivity contribution is -0.00000686. The van der Waals surface area contributed by atoms with Crippen LogP contribution in [0.25, 0.3) is 0 Å². The molecule has 0 atom stereocenters. The molecule has 5 heteroatoms. The lowest BCUT2D eigenvalue weighted by Crippen LogP contribution is -3.00. The molecule has 0 unspecified atom stereocenters. The molecule has 2 aromatic carbocycles. The van der Waals surface area contributed by atoms with Crippen molar-refractivity contribution in [1.29, 1.82) is 0 Å². The van der Waals surface area contributed by atoms with Crippen LogP contribution in [-0.4, -0.2) is 11.7 Å². The Balaban J connectivity index is 0.00000180. The lowest BCUT2D eigenvalue weighted by atomic mass is 9.86. The first-order chi connectivity index (χ1) is 8.56. The van der Waals surface area contributed by atoms with E-state index < -0.39 is 5.60 Å². The Labute approximate surface area is 128 Å². The van der Waals surface area contributed by atoms with Gasteiger partial charge in [0.25, 0.3) is 0 Å². The molecule has 0 amide bonds. The standard InChI is InChI=1S/C14H13Cl2NO.ClH/c15-12-5-1-10(2-6-12)14(18,9-17)11-3-7-13(16)8-4-11;/h1-8,18H,9,17H2;1H/p-1. The predicted molar refractivity (Wildman–Crippen MR) is 75.0 cm³/mol. The zero-order chi connectivity index (χ0) is 13.2. The third-order valence-electron chi connectivity index (χ3n) is 2.94. The lowest BCUT2D eigenvalue weighted by Gasteiger charge is -2.27. The van der Waals surface area contributed by atoms with Crippen molar-refractivity contribution >= 4 is 23.2 Å². The fourth-order valence-corrected chi connectivity index (χ4v) is 2.11. The molecule has 0 aliphatic carbocycles. The molecule has 0 radical (unpaired) electrons. The van der Waals surface area contributed by atoms with Crippen molar-refractivity contribution in [3.05, 3.63) is 69.7 Å². The molecule has 0 spiro atoms. The molecule has 2 rings (SSSR count). The number of hydrogen-bond donors (Lipinski definition) is 2. The maximum Gasteiger partial charge on any atom is 0.127 e. The van der Waals surface area contributed by atoms with Crippen LogP contribution in [0.4, 0.5) is 0 Å². The van der Waals surface area contributed by atoms with E-state index in [9.17, 15) is 5.11 Å². The number of halogens is 3. The van der Waals surface area contributed by atoms with Crippen molar-refractivity contribution in [2.45, 2.75) is 5.60 Å². The Bertz CT molecular complexity index is 480. The Kier molecular flexibility index (Phi) is 5.65. The zero-order valence-corrected chi connectivity index (χ0v) is 12.3. The molecule has 0 heterocycles. The van der Waals surface area contributed by atoms with Gasteiger partial charge in [-0.2, -0.15) is 0 Å². The molecule has 2 nitrogen and oxygen atoms in total. The van der Waals surface area contributed by atoms with Crippen LogP contribution in [0.2, 0.25) is 10.0 Å². The highest BCUT2D eigenvalue weighted by Crippen LogP contribution is 2.30. The van der Waals surface area contributed by atoms with Gasteiger partial charge in [0.2, 0.25) is 0 Å². The van der Waals surface area contributed by atoms with E-state index in [0.717, 1.165) is 0 Å². The molecule has 2 aromatic rings. The van der Waals surface area contributed by atoms with Crippen molar-refractivity contribution in [1.82, 2.24) is 0 Å². The average Bonchev–Trinajstić information content (AvgIpc) is 2.39. The van der Waals surface area contributed by atoms with Gasteiger partial charge in [-0.05, 0) is 35.4 Å². The number of aliphatic hydroxyl groups is 1. The van der Waals surface area contributed by atoms with Crippen molar-refractivity contribution in [2.24, 2.45) is 5.73 Å². The normalized spacial score (nSPS) is 10.9. The summed E-state index contributed by atoms with van der Waals surface area (Å²) in [5.74, 6) is 0. The summed E-state index contributed by atoms with van der Waals surface area (Å²) in [6, 6.07) is 14.0. The highest BCUT2D eigenvalue weighted by Gasteiger charge is 2.29. The van der Waals surface area contributed by atoms with E-state index >= 15 is 0 Å². The molecule has 0 aliphatic rings. The van der Waals surface area contributed by atoms with Gasteiger partial charge in [-0.1, -0.05) is 47.5 Å². The smallest absolute Gasteiger partial charge is 0.127 e. The summed E-state index contributed by atoms with van der Waals surface area (Å²) in [6.45, 7) is 0.0796. The van der Waals surface area contributed by atoms with Crippen molar-refractivity contribution in [3.8, 4) is 0 Å². The van der Waals surface area contributed by atoms with Crippen LogP contribution in [0.15, 0.2) is 48.5 Å². The van der Waals surface area contributed by atoms with Crippen LogP contribution in [0.3, 0.4) is 0 Å². The molecule has 0 saturated heterocycles. The van der Waals surface area contributed by atoms with Crippen molar-refractivity contribution in [3.63, 3.8) is 0 Å². The number of rotatable bonds is 3. The van der Waals surface area contributed by atoms with E-state index in [4.69, 9.17) is 28.9 Å². The SMILES string of the molecule is NCC(O)(c1ccc(Cl)cc1)c1ccc(Cl)cc1.[Cl-]. The third kappa shape index (κ3) is 3.41. The summed E-state index contributed by atoms with van der Waals surface area (Å²) in [5.41, 5.74) is 5.91. The van der Waals surface area contributed by atoms with E-state index in [2.05, 4.69) is 0 Å². The summed E-state index contributed by atoms with van der Waals surface area (Å²) in [6.07, 6.45) is 0. The maximum atomic E-state index is 10.7. The monoisotopic (exact) mass is 316 g/mol. The first-order valence-electron chi connectivity index (χ1n) is 5.51. The van der Waals surface area contributed by atoms with Crippen LogP contribution in [0, 0.1) is 0 Å². The van der Waals surface area contributed by atoms with Crippen LogP contribution in [0.5, 0.6) is 0 Å². The molecule has 3 N–H and O–H groups in total. The first kappa shape index (κ1) is 16.3. The molecule has 0 bridgehead atoms. The maximum absolute atomic E-state index is 10.7. The second kappa shape index (κ2) is 6.60. The van der Waals surface area contributed by atoms with Gasteiger partial charge < -0.3 is 23.2 Å². The summed E-state index contributed by atoms with van der Waals surface area (Å²) >= 11 is 11.7. The molecule has 102 valence electrons. The third-order valence-corrected chi connectivity index (χ3v) is 3.44. The molecular formula is C14H13Cl3NO-. The van der Waals surface area contributed by atoms with Crippen LogP contribution in [-0.2, 0) is 5.60 Å². The minimum Gasteiger partial charge on any atom is -1.00 e. The van der Waals surface area contributed by atoms with Gasteiger partial charge in [-0.3, -0.25) is 0 Å². The highest BCUT2D eigenvalue weighted by atomic mass is 35.5. The Morgan fingerprint density at radius 2 is 1.16 bits per heavy atom. The average molecular weight is 318 g/mol. The van der Waals surface area contributed by atoms with E-state index in [-0.39, 0.29) is 19.0 Å². The number of hydrogen-bond acceptors (Lipinski definition) is 2. The van der Waals surface area contributed by atoms with Crippen LogP contribution >= 0.6 is 23.2 Å². The Morgan fingerprint density at radius 1 is 0.842 bits per heavy atom. The van der Waals surface area contributed by atoms with Gasteiger partial charge in [0.05, 0.1) is 0 Å². The molecule has 19 heavy (non-hydrogen) atoms. The van der Waals surface area contributed by atoms with Crippen LogP contribution < -0.4 is 18.1 Å². The van der Waals surface area contributed by atoms with E-state index in [1.807, 2.05) is 0 Å². The second-order valence-electron chi connectivity index (χ2n) is 4.08. The van der Waals surface area contributed by atoms with Gasteiger partial charge in [0.15, 0.2) is 0 Å². The van der Waals surface area contributed by atoms with Gasteiger partial charge in [-0.15, -0.1) is 0 Å². The quantitative estimate of drug-likeness (QED) is 0.849. The molecule has 0 aliphatic heterocycles. The number of benzene rings is 2. The fourth-order valence-electron chi connectivity index (χ4n) is 1.85. The van der Waals surface area contributed by atoms with Gasteiger partial charge >= 0.3 is 0 Å². The first-order valence-corrected chi connectivity index (χ1v) is 6.26. The van der Waals surface area contributed by atoms with Gasteiger partial charge in [0.1, 0.15) is 5.60 Å². The zero-order valence-electron chi connectivity index (χ0n) is 9.98. The molecule has 0 fully saturated rings. The minimum atomic E-state index is -1.23. The van der Waals surface area contributed by atoms with Crippen molar-refractivity contribution in [2.75, 3.05) is 6.54 Å².